The summed E-state index contributed by atoms with van der Waals surface area (Å²) in [6.45, 7) is 3.72. The number of hydrogen-bond acceptors (Lipinski definition) is 5. The lowest BCUT2D eigenvalue weighted by molar-refractivity contribution is 0.0731. The molecule has 5 nitrogen and oxygen atoms in total. The van der Waals surface area contributed by atoms with Crippen molar-refractivity contribution in [3.05, 3.63) is 86.7 Å². The topological polar surface area (TPSA) is 69.7 Å². The SMILES string of the molecule is Cc1ccc(C(=O)Oc2c(-c3ccco3)oc3cc(C)c(Cl)cc3c2=O)cc1. The van der Waals surface area contributed by atoms with E-state index < -0.39 is 11.4 Å². The molecule has 2 heterocycles. The molecule has 2 aromatic carbocycles. The normalized spacial score (nSPS) is 11.0. The van der Waals surface area contributed by atoms with Gasteiger partial charge in [-0.3, -0.25) is 4.79 Å². The summed E-state index contributed by atoms with van der Waals surface area (Å²) >= 11 is 6.16. The number of aryl methyl sites for hydroxylation is 2. The molecule has 2 aromatic heterocycles. The van der Waals surface area contributed by atoms with Gasteiger partial charge in [0.05, 0.1) is 17.2 Å². The van der Waals surface area contributed by atoms with Crippen molar-refractivity contribution < 1.29 is 18.4 Å². The van der Waals surface area contributed by atoms with E-state index in [9.17, 15) is 9.59 Å². The van der Waals surface area contributed by atoms with E-state index in [0.29, 0.717) is 16.2 Å². The predicted octanol–water partition coefficient (Wildman–Crippen LogP) is 5.54. The molecule has 0 aliphatic rings. The first-order valence-corrected chi connectivity index (χ1v) is 8.91. The van der Waals surface area contributed by atoms with Crippen LogP contribution in [0.5, 0.6) is 5.75 Å². The zero-order valence-corrected chi connectivity index (χ0v) is 15.9. The lowest BCUT2D eigenvalue weighted by Crippen LogP contribution is -2.16. The smallest absolute Gasteiger partial charge is 0.343 e. The van der Waals surface area contributed by atoms with Gasteiger partial charge in [-0.05, 0) is 55.8 Å². The van der Waals surface area contributed by atoms with Gasteiger partial charge in [0.2, 0.25) is 16.9 Å². The summed E-state index contributed by atoms with van der Waals surface area (Å²) in [6.07, 6.45) is 1.44. The Labute approximate surface area is 165 Å². The molecule has 4 rings (SSSR count). The molecule has 0 N–H and O–H groups in total. The van der Waals surface area contributed by atoms with Crippen LogP contribution in [0.15, 0.2) is 68.4 Å². The molecule has 0 atom stereocenters. The van der Waals surface area contributed by atoms with Crippen LogP contribution in [-0.4, -0.2) is 5.97 Å². The number of esters is 1. The van der Waals surface area contributed by atoms with Gasteiger partial charge in [-0.1, -0.05) is 29.3 Å². The summed E-state index contributed by atoms with van der Waals surface area (Å²) in [6, 6.07) is 13.3. The summed E-state index contributed by atoms with van der Waals surface area (Å²) in [5, 5.41) is 0.638. The van der Waals surface area contributed by atoms with Gasteiger partial charge in [0.25, 0.3) is 0 Å². The number of benzene rings is 2. The van der Waals surface area contributed by atoms with Gasteiger partial charge in [-0.2, -0.15) is 0 Å². The van der Waals surface area contributed by atoms with Crippen LogP contribution in [0.4, 0.5) is 0 Å². The molecule has 0 saturated heterocycles. The van der Waals surface area contributed by atoms with Gasteiger partial charge in [0, 0.05) is 5.02 Å². The van der Waals surface area contributed by atoms with Crippen LogP contribution in [-0.2, 0) is 0 Å². The third-order valence-electron chi connectivity index (χ3n) is 4.36. The quantitative estimate of drug-likeness (QED) is 0.426. The highest BCUT2D eigenvalue weighted by Crippen LogP contribution is 2.33. The van der Waals surface area contributed by atoms with Gasteiger partial charge < -0.3 is 13.6 Å². The van der Waals surface area contributed by atoms with E-state index in [1.807, 2.05) is 6.92 Å². The maximum atomic E-state index is 13.1. The Morgan fingerprint density at radius 1 is 1.07 bits per heavy atom. The van der Waals surface area contributed by atoms with E-state index in [-0.39, 0.29) is 22.7 Å². The number of hydrogen-bond donors (Lipinski definition) is 0. The first-order valence-electron chi connectivity index (χ1n) is 8.53. The van der Waals surface area contributed by atoms with Crippen molar-refractivity contribution in [2.45, 2.75) is 13.8 Å². The Kier molecular flexibility index (Phi) is 4.53. The zero-order chi connectivity index (χ0) is 19.8. The van der Waals surface area contributed by atoms with E-state index in [1.54, 1.807) is 49.4 Å². The van der Waals surface area contributed by atoms with Crippen LogP contribution in [0.3, 0.4) is 0 Å². The molecule has 0 saturated carbocycles. The van der Waals surface area contributed by atoms with E-state index in [4.69, 9.17) is 25.2 Å². The molecule has 0 bridgehead atoms. The van der Waals surface area contributed by atoms with Crippen LogP contribution in [0.25, 0.3) is 22.5 Å². The molecule has 0 aliphatic heterocycles. The second kappa shape index (κ2) is 7.02. The van der Waals surface area contributed by atoms with E-state index >= 15 is 0 Å². The highest BCUT2D eigenvalue weighted by Gasteiger charge is 2.23. The molecular formula is C22H15ClO5. The standard InChI is InChI=1S/C22H15ClO5/c1-12-5-7-14(8-6-12)22(25)28-21-19(24)15-11-16(23)13(2)10-18(15)27-20(21)17-4-3-9-26-17/h3-11H,1-2H3. The summed E-state index contributed by atoms with van der Waals surface area (Å²) in [5.74, 6) is -0.589. The summed E-state index contributed by atoms with van der Waals surface area (Å²) < 4.78 is 16.7. The molecule has 0 unspecified atom stereocenters. The Morgan fingerprint density at radius 2 is 1.82 bits per heavy atom. The molecule has 140 valence electrons. The minimum atomic E-state index is -0.669. The van der Waals surface area contributed by atoms with Crippen LogP contribution in [0.1, 0.15) is 21.5 Å². The van der Waals surface area contributed by atoms with E-state index in [0.717, 1.165) is 11.1 Å². The second-order valence-electron chi connectivity index (χ2n) is 6.42. The lowest BCUT2D eigenvalue weighted by Gasteiger charge is -2.10. The minimum Gasteiger partial charge on any atom is -0.461 e. The fraction of sp³-hybridized carbons (Fsp3) is 0.0909. The number of carbonyl (C=O) groups is 1. The largest absolute Gasteiger partial charge is 0.461 e. The Morgan fingerprint density at radius 3 is 2.50 bits per heavy atom. The molecule has 0 amide bonds. The lowest BCUT2D eigenvalue weighted by atomic mass is 10.1. The van der Waals surface area contributed by atoms with E-state index in [2.05, 4.69) is 0 Å². The second-order valence-corrected chi connectivity index (χ2v) is 6.83. The molecule has 28 heavy (non-hydrogen) atoms. The van der Waals surface area contributed by atoms with Crippen LogP contribution < -0.4 is 10.2 Å². The number of ether oxygens (including phenoxy) is 1. The van der Waals surface area contributed by atoms with Crippen LogP contribution in [0.2, 0.25) is 5.02 Å². The minimum absolute atomic E-state index is 0.0460. The van der Waals surface area contributed by atoms with Gasteiger partial charge in [-0.25, -0.2) is 4.79 Å². The summed E-state index contributed by atoms with van der Waals surface area (Å²) in [7, 11) is 0. The third kappa shape index (κ3) is 3.21. The summed E-state index contributed by atoms with van der Waals surface area (Å²) in [5.41, 5.74) is 1.90. The van der Waals surface area contributed by atoms with Crippen LogP contribution >= 0.6 is 11.6 Å². The summed E-state index contributed by atoms with van der Waals surface area (Å²) in [4.78, 5) is 25.7. The molecular weight excluding hydrogens is 380 g/mol. The highest BCUT2D eigenvalue weighted by atomic mass is 35.5. The first kappa shape index (κ1) is 18.1. The number of rotatable bonds is 3. The number of furan rings is 1. The molecule has 0 spiro atoms. The molecule has 0 aliphatic carbocycles. The average Bonchev–Trinajstić information content (AvgIpc) is 3.20. The van der Waals surface area contributed by atoms with Crippen molar-refractivity contribution in [1.82, 2.24) is 0 Å². The van der Waals surface area contributed by atoms with Crippen molar-refractivity contribution in [2.75, 3.05) is 0 Å². The Bertz CT molecular complexity index is 1230. The number of fused-ring (bicyclic) bond motifs is 1. The van der Waals surface area contributed by atoms with Gasteiger partial charge in [0.15, 0.2) is 5.76 Å². The zero-order valence-electron chi connectivity index (χ0n) is 15.1. The van der Waals surface area contributed by atoms with Crippen LogP contribution in [0, 0.1) is 13.8 Å². The maximum Gasteiger partial charge on any atom is 0.343 e. The third-order valence-corrected chi connectivity index (χ3v) is 4.76. The van der Waals surface area contributed by atoms with Gasteiger partial charge >= 0.3 is 5.97 Å². The number of halogens is 1. The van der Waals surface area contributed by atoms with Crippen molar-refractivity contribution in [3.8, 4) is 17.3 Å². The monoisotopic (exact) mass is 394 g/mol. The average molecular weight is 395 g/mol. The molecule has 0 fully saturated rings. The van der Waals surface area contributed by atoms with Crippen molar-refractivity contribution in [1.29, 1.82) is 0 Å². The first-order chi connectivity index (χ1) is 13.4. The molecule has 4 aromatic rings. The Hall–Kier alpha value is -3.31. The van der Waals surface area contributed by atoms with Gasteiger partial charge in [0.1, 0.15) is 5.58 Å². The Balaban J connectivity index is 1.90. The maximum absolute atomic E-state index is 13.1. The fourth-order valence-corrected chi connectivity index (χ4v) is 2.97. The van der Waals surface area contributed by atoms with Crippen molar-refractivity contribution >= 4 is 28.5 Å². The highest BCUT2D eigenvalue weighted by molar-refractivity contribution is 6.32. The van der Waals surface area contributed by atoms with Crippen molar-refractivity contribution in [2.24, 2.45) is 0 Å². The van der Waals surface area contributed by atoms with Gasteiger partial charge in [-0.15, -0.1) is 0 Å². The fourth-order valence-electron chi connectivity index (χ4n) is 2.80. The number of carbonyl (C=O) groups excluding carboxylic acids is 1. The molecule has 6 heteroatoms. The van der Waals surface area contributed by atoms with E-state index in [1.165, 1.54) is 12.3 Å². The van der Waals surface area contributed by atoms with Crippen molar-refractivity contribution in [3.63, 3.8) is 0 Å². The predicted molar refractivity (Wildman–Crippen MR) is 106 cm³/mol. The molecule has 0 radical (unpaired) electrons.